The molecule has 0 spiro atoms. The Balaban J connectivity index is 1.17. The van der Waals surface area contributed by atoms with E-state index in [-0.39, 0.29) is 40.0 Å². The number of anilines is 1. The van der Waals surface area contributed by atoms with Gasteiger partial charge in [0.05, 0.1) is 12.4 Å². The number of aliphatic hydroxyl groups excluding tert-OH is 2. The average molecular weight is 634 g/mol. The molecule has 0 aromatic carbocycles. The number of carbonyl (C=O) groups excluding carboxylic acids is 1. The van der Waals surface area contributed by atoms with E-state index in [0.29, 0.717) is 24.2 Å². The number of aromatic nitrogens is 4. The van der Waals surface area contributed by atoms with Crippen molar-refractivity contribution in [2.45, 2.75) is 75.9 Å². The lowest BCUT2D eigenvalue weighted by Gasteiger charge is -2.56. The van der Waals surface area contributed by atoms with E-state index >= 15 is 0 Å². The Morgan fingerprint density at radius 2 is 1.71 bits per heavy atom. The molecule has 4 aliphatic carbocycles. The molecule has 2 aromatic rings. The number of aliphatic hydroxyl groups is 2. The lowest BCUT2D eigenvalue weighted by Crippen LogP contribution is -2.47. The number of imidazole rings is 1. The second-order valence-electron chi connectivity index (χ2n) is 12.5. The van der Waals surface area contributed by atoms with Crippen molar-refractivity contribution in [3.8, 4) is 0 Å². The zero-order valence-electron chi connectivity index (χ0n) is 22.1. The van der Waals surface area contributed by atoms with E-state index in [1.54, 1.807) is 0 Å². The summed E-state index contributed by atoms with van der Waals surface area (Å²) < 4.78 is 30.5. The maximum absolute atomic E-state index is 13.3. The molecule has 41 heavy (non-hydrogen) atoms. The summed E-state index contributed by atoms with van der Waals surface area (Å²) in [7, 11) is -8.94. The number of fused-ring (bicyclic) bond motifs is 1. The van der Waals surface area contributed by atoms with Gasteiger partial charge in [-0.25, -0.2) is 4.98 Å². The second kappa shape index (κ2) is 10.6. The van der Waals surface area contributed by atoms with Gasteiger partial charge in [0.2, 0.25) is 18.6 Å². The van der Waals surface area contributed by atoms with E-state index in [9.17, 15) is 29.0 Å². The molecule has 226 valence electrons. The third-order valence-corrected chi connectivity index (χ3v) is 13.5. The molecule has 7 rings (SSSR count). The van der Waals surface area contributed by atoms with Crippen molar-refractivity contribution in [3.63, 3.8) is 0 Å². The monoisotopic (exact) mass is 633 g/mol. The summed E-state index contributed by atoms with van der Waals surface area (Å²) in [5.74, 6) is 0.881. The number of hydrogen-bond acceptors (Lipinski definition) is 9. The van der Waals surface area contributed by atoms with Gasteiger partial charge in [-0.15, -0.1) is 0 Å². The summed E-state index contributed by atoms with van der Waals surface area (Å²) in [6.07, 6.45) is 2.72. The molecule has 2 aromatic heterocycles. The van der Waals surface area contributed by atoms with Gasteiger partial charge in [-0.05, 0) is 79.7 Å². The van der Waals surface area contributed by atoms with Crippen LogP contribution in [0.25, 0.3) is 11.2 Å². The van der Waals surface area contributed by atoms with E-state index < -0.39 is 51.6 Å². The first-order chi connectivity index (χ1) is 19.2. The summed E-state index contributed by atoms with van der Waals surface area (Å²) in [5.41, 5.74) is 0.370. The highest BCUT2D eigenvalue weighted by molar-refractivity contribution is 7.72. The number of nitrogens with zero attached hydrogens (tertiary/aromatic N) is 4. The van der Waals surface area contributed by atoms with Crippen molar-refractivity contribution >= 4 is 49.5 Å². The maximum Gasteiger partial charge on any atom is 0.335 e. The van der Waals surface area contributed by atoms with Crippen LogP contribution < -0.4 is 5.32 Å². The Bertz CT molecular complexity index is 1410. The van der Waals surface area contributed by atoms with Crippen molar-refractivity contribution in [1.29, 1.82) is 0 Å². The number of halogens is 1. The van der Waals surface area contributed by atoms with Gasteiger partial charge in [0.15, 0.2) is 23.2 Å². The standard InChI is InChI=1S/C24H34ClN5O9P2/c25-23-28-20(27-16(31)9-24-6-12-3-13(7-24)5-14(4-12)8-24)17-21(29-23)30(10-26-17)22-19(33)18(32)15(39-22)1-2-40(34,35)11-41(36,37)38/h10,12-15,18-19,22,32-33H,1-9,11H2,(H,34,35)(H2,36,37,38)(H,27,28,29,31). The van der Waals surface area contributed by atoms with Crippen molar-refractivity contribution in [2.75, 3.05) is 17.4 Å². The Labute approximate surface area is 240 Å². The highest BCUT2D eigenvalue weighted by atomic mass is 35.5. The summed E-state index contributed by atoms with van der Waals surface area (Å²) >= 11 is 6.20. The number of nitrogens with one attached hydrogen (secondary N) is 1. The van der Waals surface area contributed by atoms with Gasteiger partial charge in [0.25, 0.3) is 0 Å². The van der Waals surface area contributed by atoms with Crippen LogP contribution >= 0.6 is 26.6 Å². The third-order valence-electron chi connectivity index (χ3n) is 9.13. The zero-order chi connectivity index (χ0) is 29.3. The maximum atomic E-state index is 13.3. The van der Waals surface area contributed by atoms with Crippen LogP contribution in [0.15, 0.2) is 6.33 Å². The number of amides is 1. The van der Waals surface area contributed by atoms with Gasteiger partial charge in [-0.3, -0.25) is 18.5 Å². The molecule has 6 N–H and O–H groups in total. The number of rotatable bonds is 9. The minimum atomic E-state index is -4.73. The van der Waals surface area contributed by atoms with Crippen molar-refractivity contribution in [3.05, 3.63) is 11.6 Å². The van der Waals surface area contributed by atoms with Crippen LogP contribution in [0.2, 0.25) is 5.28 Å². The largest absolute Gasteiger partial charge is 0.388 e. The predicted molar refractivity (Wildman–Crippen MR) is 146 cm³/mol. The summed E-state index contributed by atoms with van der Waals surface area (Å²) in [6, 6.07) is 0. The SMILES string of the molecule is O=C(CC12CC3CC(CC(C3)C1)C2)Nc1nc(Cl)nc2c1ncn2C1OC(CCP(=O)(O)CP(=O)(O)O)C(O)C1O. The van der Waals surface area contributed by atoms with Crippen LogP contribution in [0.5, 0.6) is 0 Å². The second-order valence-corrected chi connectivity index (χ2v) is 17.5. The highest BCUT2D eigenvalue weighted by Crippen LogP contribution is 2.61. The summed E-state index contributed by atoms with van der Waals surface area (Å²) in [5, 5.41) is 24.0. The van der Waals surface area contributed by atoms with Crippen molar-refractivity contribution in [1.82, 2.24) is 19.5 Å². The van der Waals surface area contributed by atoms with Gasteiger partial charge >= 0.3 is 7.60 Å². The molecule has 1 aliphatic heterocycles. The van der Waals surface area contributed by atoms with E-state index in [2.05, 4.69) is 20.3 Å². The summed E-state index contributed by atoms with van der Waals surface area (Å²) in [4.78, 5) is 54.0. The lowest BCUT2D eigenvalue weighted by molar-refractivity contribution is -0.124. The first-order valence-corrected chi connectivity index (χ1v) is 18.0. The topological polar surface area (TPSA) is 217 Å². The van der Waals surface area contributed by atoms with Gasteiger partial charge in [0.1, 0.15) is 18.1 Å². The molecule has 5 fully saturated rings. The molecule has 3 heterocycles. The molecule has 1 saturated heterocycles. The third kappa shape index (κ3) is 6.14. The molecule has 17 heteroatoms. The van der Waals surface area contributed by atoms with Crippen LogP contribution in [-0.2, 0) is 18.7 Å². The first kappa shape index (κ1) is 29.6. The normalized spacial score (nSPS) is 36.1. The Morgan fingerprint density at radius 1 is 1.07 bits per heavy atom. The number of hydrogen-bond donors (Lipinski definition) is 6. The van der Waals surface area contributed by atoms with Crippen LogP contribution in [0.3, 0.4) is 0 Å². The molecule has 1 amide bonds. The van der Waals surface area contributed by atoms with E-state index in [1.807, 2.05) is 0 Å². The molecule has 0 radical (unpaired) electrons. The van der Waals surface area contributed by atoms with Gasteiger partial charge in [0, 0.05) is 12.6 Å². The molecule has 5 aliphatic rings. The Kier molecular flexibility index (Phi) is 7.66. The minimum absolute atomic E-state index is 0.0188. The smallest absolute Gasteiger partial charge is 0.335 e. The minimum Gasteiger partial charge on any atom is -0.388 e. The van der Waals surface area contributed by atoms with Crippen LogP contribution in [-0.4, -0.2) is 80.7 Å². The lowest BCUT2D eigenvalue weighted by atomic mass is 9.49. The summed E-state index contributed by atoms with van der Waals surface area (Å²) in [6.45, 7) is 0. The molecular weight excluding hydrogens is 600 g/mol. The fourth-order valence-corrected chi connectivity index (χ4v) is 11.8. The van der Waals surface area contributed by atoms with Crippen LogP contribution in [0.4, 0.5) is 5.82 Å². The number of ether oxygens (including phenoxy) is 1. The fourth-order valence-electron chi connectivity index (χ4n) is 8.07. The fraction of sp³-hybridized carbons (Fsp3) is 0.750. The van der Waals surface area contributed by atoms with E-state index in [4.69, 9.17) is 26.1 Å². The zero-order valence-corrected chi connectivity index (χ0v) is 24.7. The Morgan fingerprint density at radius 3 is 2.32 bits per heavy atom. The van der Waals surface area contributed by atoms with Gasteiger partial charge < -0.3 is 34.9 Å². The molecule has 4 bridgehead atoms. The predicted octanol–water partition coefficient (Wildman–Crippen LogP) is 2.44. The first-order valence-electron chi connectivity index (χ1n) is 13.8. The molecule has 14 nitrogen and oxygen atoms in total. The van der Waals surface area contributed by atoms with E-state index in [0.717, 1.165) is 19.3 Å². The molecule has 5 unspecified atom stereocenters. The van der Waals surface area contributed by atoms with Gasteiger partial charge in [-0.2, -0.15) is 9.97 Å². The van der Waals surface area contributed by atoms with E-state index in [1.165, 1.54) is 30.2 Å². The van der Waals surface area contributed by atoms with Crippen molar-refractivity contribution in [2.24, 2.45) is 23.2 Å². The Hall–Kier alpha value is -1.47. The van der Waals surface area contributed by atoms with Crippen molar-refractivity contribution < 1.29 is 43.6 Å². The highest BCUT2D eigenvalue weighted by Gasteiger charge is 2.51. The molecule has 5 atom stereocenters. The van der Waals surface area contributed by atoms with Crippen LogP contribution in [0, 0.1) is 23.2 Å². The average Bonchev–Trinajstić information content (AvgIpc) is 3.35. The molecular formula is C24H34ClN5O9P2. The van der Waals surface area contributed by atoms with Crippen LogP contribution in [0.1, 0.15) is 57.6 Å². The molecule has 4 saturated carbocycles. The van der Waals surface area contributed by atoms with Gasteiger partial charge in [-0.1, -0.05) is 0 Å². The number of carbonyl (C=O) groups is 1. The quantitative estimate of drug-likeness (QED) is 0.173.